The molecule has 2 aromatic rings. The molecule has 0 aliphatic heterocycles. The van der Waals surface area contributed by atoms with Gasteiger partial charge in [-0.3, -0.25) is 9.69 Å². The zero-order valence-corrected chi connectivity index (χ0v) is 12.9. The molecule has 0 aliphatic carbocycles. The molecule has 1 N–H and O–H groups in total. The molecule has 0 saturated carbocycles. The van der Waals surface area contributed by atoms with Crippen molar-refractivity contribution < 1.29 is 9.18 Å². The molecular weight excluding hydrogens is 291 g/mol. The van der Waals surface area contributed by atoms with Crippen LogP contribution >= 0.6 is 11.5 Å². The van der Waals surface area contributed by atoms with Crippen molar-refractivity contribution in [2.75, 3.05) is 12.4 Å². The standard InChI is InChI=1S/C14H17FN4OS/c1-9-13(21-18-17-9)8-19(3)10(2)14(20)16-12-6-4-11(15)5-7-12/h4-7,10H,8H2,1-3H3,(H,16,20). The minimum absolute atomic E-state index is 0.140. The molecule has 1 aromatic heterocycles. The Morgan fingerprint density at radius 1 is 1.43 bits per heavy atom. The second kappa shape index (κ2) is 6.73. The molecule has 0 aliphatic rings. The van der Waals surface area contributed by atoms with E-state index in [9.17, 15) is 9.18 Å². The van der Waals surface area contributed by atoms with Gasteiger partial charge in [-0.05, 0) is 56.7 Å². The van der Waals surface area contributed by atoms with Crippen molar-refractivity contribution in [3.05, 3.63) is 40.7 Å². The van der Waals surface area contributed by atoms with Gasteiger partial charge in [0.2, 0.25) is 5.91 Å². The average Bonchev–Trinajstić information content (AvgIpc) is 2.86. The molecule has 2 rings (SSSR count). The quantitative estimate of drug-likeness (QED) is 0.922. The lowest BCUT2D eigenvalue weighted by atomic mass is 10.2. The Hall–Kier alpha value is -1.86. The summed E-state index contributed by atoms with van der Waals surface area (Å²) in [5, 5.41) is 6.72. The monoisotopic (exact) mass is 308 g/mol. The number of aryl methyl sites for hydroxylation is 1. The Labute approximate surface area is 127 Å². The first-order chi connectivity index (χ1) is 9.97. The summed E-state index contributed by atoms with van der Waals surface area (Å²) in [6.07, 6.45) is 0. The summed E-state index contributed by atoms with van der Waals surface area (Å²) in [4.78, 5) is 15.1. The third kappa shape index (κ3) is 4.05. The van der Waals surface area contributed by atoms with E-state index in [4.69, 9.17) is 0 Å². The van der Waals surface area contributed by atoms with Gasteiger partial charge in [0.1, 0.15) is 5.82 Å². The van der Waals surface area contributed by atoms with Crippen molar-refractivity contribution in [1.82, 2.24) is 14.5 Å². The Morgan fingerprint density at radius 2 is 2.10 bits per heavy atom. The van der Waals surface area contributed by atoms with Crippen LogP contribution in [0.2, 0.25) is 0 Å². The number of hydrogen-bond donors (Lipinski definition) is 1. The maximum Gasteiger partial charge on any atom is 0.241 e. The van der Waals surface area contributed by atoms with E-state index in [1.807, 2.05) is 25.8 Å². The highest BCUT2D eigenvalue weighted by atomic mass is 32.1. The number of anilines is 1. The van der Waals surface area contributed by atoms with Gasteiger partial charge < -0.3 is 5.32 Å². The third-order valence-corrected chi connectivity index (χ3v) is 4.10. The number of amides is 1. The smallest absolute Gasteiger partial charge is 0.241 e. The van der Waals surface area contributed by atoms with Crippen molar-refractivity contribution in [2.45, 2.75) is 26.4 Å². The summed E-state index contributed by atoms with van der Waals surface area (Å²) in [6.45, 7) is 4.33. The van der Waals surface area contributed by atoms with Gasteiger partial charge in [-0.2, -0.15) is 0 Å². The maximum atomic E-state index is 12.8. The fourth-order valence-corrected chi connectivity index (χ4v) is 2.44. The first-order valence-corrected chi connectivity index (χ1v) is 7.29. The minimum atomic E-state index is -0.327. The predicted molar refractivity (Wildman–Crippen MR) is 80.6 cm³/mol. The van der Waals surface area contributed by atoms with Crippen LogP contribution in [0.1, 0.15) is 17.5 Å². The highest BCUT2D eigenvalue weighted by Gasteiger charge is 2.19. The number of nitrogens with zero attached hydrogens (tertiary/aromatic N) is 3. The zero-order chi connectivity index (χ0) is 15.4. The van der Waals surface area contributed by atoms with Crippen LogP contribution < -0.4 is 5.32 Å². The van der Waals surface area contributed by atoms with Crippen LogP contribution in [0.25, 0.3) is 0 Å². The van der Waals surface area contributed by atoms with Crippen LogP contribution in [-0.4, -0.2) is 33.5 Å². The van der Waals surface area contributed by atoms with E-state index in [0.717, 1.165) is 10.6 Å². The minimum Gasteiger partial charge on any atom is -0.325 e. The molecule has 0 bridgehead atoms. The average molecular weight is 308 g/mol. The number of rotatable bonds is 5. The third-order valence-electron chi connectivity index (χ3n) is 3.29. The van der Waals surface area contributed by atoms with Crippen LogP contribution in [0.3, 0.4) is 0 Å². The SMILES string of the molecule is Cc1nnsc1CN(C)C(C)C(=O)Nc1ccc(F)cc1. The molecule has 0 fully saturated rings. The van der Waals surface area contributed by atoms with Gasteiger partial charge in [-0.25, -0.2) is 4.39 Å². The van der Waals surface area contributed by atoms with E-state index in [1.165, 1.54) is 35.8 Å². The first kappa shape index (κ1) is 15.5. The summed E-state index contributed by atoms with van der Waals surface area (Å²) in [5.74, 6) is -0.467. The summed E-state index contributed by atoms with van der Waals surface area (Å²) in [6, 6.07) is 5.39. The maximum absolute atomic E-state index is 12.8. The van der Waals surface area contributed by atoms with E-state index < -0.39 is 0 Å². The molecular formula is C14H17FN4OS. The molecule has 1 aromatic carbocycles. The highest BCUT2D eigenvalue weighted by molar-refractivity contribution is 7.05. The molecule has 21 heavy (non-hydrogen) atoms. The van der Waals surface area contributed by atoms with Gasteiger partial charge in [0, 0.05) is 12.2 Å². The fourth-order valence-electron chi connectivity index (χ4n) is 1.74. The molecule has 1 heterocycles. The lowest BCUT2D eigenvalue weighted by molar-refractivity contribution is -0.120. The van der Waals surface area contributed by atoms with E-state index in [0.29, 0.717) is 12.2 Å². The molecule has 7 heteroatoms. The molecule has 0 radical (unpaired) electrons. The highest BCUT2D eigenvalue weighted by Crippen LogP contribution is 2.14. The van der Waals surface area contributed by atoms with Crippen molar-refractivity contribution in [1.29, 1.82) is 0 Å². The number of carbonyl (C=O) groups excluding carboxylic acids is 1. The topological polar surface area (TPSA) is 58.1 Å². The summed E-state index contributed by atoms with van der Waals surface area (Å²) >= 11 is 1.34. The van der Waals surface area contributed by atoms with E-state index >= 15 is 0 Å². The fraction of sp³-hybridized carbons (Fsp3) is 0.357. The lowest BCUT2D eigenvalue weighted by Crippen LogP contribution is -2.39. The van der Waals surface area contributed by atoms with Crippen LogP contribution in [-0.2, 0) is 11.3 Å². The molecule has 0 spiro atoms. The van der Waals surface area contributed by atoms with Crippen molar-refractivity contribution in [3.8, 4) is 0 Å². The van der Waals surface area contributed by atoms with Crippen LogP contribution in [0.15, 0.2) is 24.3 Å². The first-order valence-electron chi connectivity index (χ1n) is 6.52. The van der Waals surface area contributed by atoms with Crippen LogP contribution in [0, 0.1) is 12.7 Å². The number of aromatic nitrogens is 2. The molecule has 112 valence electrons. The van der Waals surface area contributed by atoms with Crippen molar-refractivity contribution in [3.63, 3.8) is 0 Å². The molecule has 1 unspecified atom stereocenters. The number of benzene rings is 1. The second-order valence-corrected chi connectivity index (χ2v) is 5.71. The van der Waals surface area contributed by atoms with Gasteiger partial charge in [0.25, 0.3) is 0 Å². The van der Waals surface area contributed by atoms with Crippen molar-refractivity contribution >= 4 is 23.1 Å². The van der Waals surface area contributed by atoms with E-state index in [-0.39, 0.29) is 17.8 Å². The molecule has 1 amide bonds. The molecule has 1 atom stereocenters. The van der Waals surface area contributed by atoms with Crippen molar-refractivity contribution in [2.24, 2.45) is 0 Å². The normalized spacial score (nSPS) is 12.4. The van der Waals surface area contributed by atoms with Gasteiger partial charge in [0.05, 0.1) is 16.6 Å². The Balaban J connectivity index is 1.95. The zero-order valence-electron chi connectivity index (χ0n) is 12.1. The largest absolute Gasteiger partial charge is 0.325 e. The predicted octanol–water partition coefficient (Wildman–Crippen LogP) is 2.44. The van der Waals surface area contributed by atoms with Crippen LogP contribution in [0.4, 0.5) is 10.1 Å². The van der Waals surface area contributed by atoms with Gasteiger partial charge in [0.15, 0.2) is 0 Å². The second-order valence-electron chi connectivity index (χ2n) is 4.87. The number of nitrogens with one attached hydrogen (secondary N) is 1. The Morgan fingerprint density at radius 3 is 2.67 bits per heavy atom. The van der Waals surface area contributed by atoms with E-state index in [1.54, 1.807) is 0 Å². The molecule has 5 nitrogen and oxygen atoms in total. The van der Waals surface area contributed by atoms with Crippen LogP contribution in [0.5, 0.6) is 0 Å². The molecule has 0 saturated heterocycles. The summed E-state index contributed by atoms with van der Waals surface area (Å²) in [5.41, 5.74) is 1.47. The van der Waals surface area contributed by atoms with E-state index in [2.05, 4.69) is 14.9 Å². The van der Waals surface area contributed by atoms with Gasteiger partial charge in [-0.15, -0.1) is 5.10 Å². The Kier molecular flexibility index (Phi) is 4.98. The number of hydrogen-bond acceptors (Lipinski definition) is 5. The lowest BCUT2D eigenvalue weighted by Gasteiger charge is -2.23. The summed E-state index contributed by atoms with van der Waals surface area (Å²) in [7, 11) is 1.87. The van der Waals surface area contributed by atoms with Gasteiger partial charge in [-0.1, -0.05) is 4.49 Å². The number of carbonyl (C=O) groups is 1. The Bertz CT molecular complexity index is 614. The van der Waals surface area contributed by atoms with Gasteiger partial charge >= 0.3 is 0 Å². The number of halogens is 1. The number of likely N-dealkylation sites (N-methyl/N-ethyl adjacent to an activating group) is 1. The summed E-state index contributed by atoms with van der Waals surface area (Å²) < 4.78 is 16.7.